The smallest absolute Gasteiger partial charge is 0.238 e. The Balaban J connectivity index is 1.57. The largest absolute Gasteiger partial charge is 0.494 e. The SMILES string of the molecule is CCOc1cccc(NC(=O)C2CC(=O)N(Cc3ccc(F)cc3)C(=Nc3ccc(Cl)cc3)S2)c1. The van der Waals surface area contributed by atoms with Crippen LogP contribution in [0.5, 0.6) is 5.75 Å². The van der Waals surface area contributed by atoms with Crippen LogP contribution in [0.2, 0.25) is 5.02 Å². The number of ether oxygens (including phenoxy) is 1. The fourth-order valence-corrected chi connectivity index (χ4v) is 4.67. The van der Waals surface area contributed by atoms with Crippen LogP contribution in [-0.4, -0.2) is 33.7 Å². The summed E-state index contributed by atoms with van der Waals surface area (Å²) in [5, 5.41) is 3.15. The van der Waals surface area contributed by atoms with Gasteiger partial charge in [0.2, 0.25) is 11.8 Å². The molecule has 0 aromatic heterocycles. The maximum absolute atomic E-state index is 13.4. The molecule has 180 valence electrons. The van der Waals surface area contributed by atoms with Gasteiger partial charge >= 0.3 is 0 Å². The summed E-state index contributed by atoms with van der Waals surface area (Å²) in [5.74, 6) is -0.257. The van der Waals surface area contributed by atoms with E-state index in [4.69, 9.17) is 16.3 Å². The van der Waals surface area contributed by atoms with Gasteiger partial charge in [-0.25, -0.2) is 9.38 Å². The predicted octanol–water partition coefficient (Wildman–Crippen LogP) is 6.04. The Morgan fingerprint density at radius 2 is 1.91 bits per heavy atom. The molecule has 0 aliphatic carbocycles. The Kier molecular flexibility index (Phi) is 8.05. The summed E-state index contributed by atoms with van der Waals surface area (Å²) < 4.78 is 18.8. The molecule has 4 rings (SSSR count). The lowest BCUT2D eigenvalue weighted by Crippen LogP contribution is -2.44. The molecule has 0 saturated carbocycles. The Morgan fingerprint density at radius 1 is 1.17 bits per heavy atom. The highest BCUT2D eigenvalue weighted by molar-refractivity contribution is 8.15. The fourth-order valence-electron chi connectivity index (χ4n) is 3.45. The van der Waals surface area contributed by atoms with E-state index in [0.29, 0.717) is 33.9 Å². The van der Waals surface area contributed by atoms with Gasteiger partial charge in [0.15, 0.2) is 5.17 Å². The molecule has 0 bridgehead atoms. The summed E-state index contributed by atoms with van der Waals surface area (Å²) >= 11 is 7.20. The van der Waals surface area contributed by atoms with E-state index in [1.54, 1.807) is 54.6 Å². The van der Waals surface area contributed by atoms with Gasteiger partial charge in [0, 0.05) is 23.2 Å². The van der Waals surface area contributed by atoms with Gasteiger partial charge in [0.05, 0.1) is 18.8 Å². The van der Waals surface area contributed by atoms with Gasteiger partial charge in [-0.15, -0.1) is 0 Å². The van der Waals surface area contributed by atoms with E-state index in [1.165, 1.54) is 28.8 Å². The van der Waals surface area contributed by atoms with Crippen molar-refractivity contribution >= 4 is 51.7 Å². The molecule has 1 aliphatic heterocycles. The van der Waals surface area contributed by atoms with Gasteiger partial charge < -0.3 is 10.1 Å². The average Bonchev–Trinajstić information content (AvgIpc) is 2.84. The maximum atomic E-state index is 13.4. The van der Waals surface area contributed by atoms with Crippen molar-refractivity contribution in [3.63, 3.8) is 0 Å². The van der Waals surface area contributed by atoms with Crippen LogP contribution in [0.3, 0.4) is 0 Å². The van der Waals surface area contributed by atoms with E-state index in [1.807, 2.05) is 13.0 Å². The van der Waals surface area contributed by atoms with E-state index in [9.17, 15) is 14.0 Å². The first-order valence-corrected chi connectivity index (χ1v) is 12.3. The molecule has 0 spiro atoms. The number of thioether (sulfide) groups is 1. The molecule has 6 nitrogen and oxygen atoms in total. The van der Waals surface area contributed by atoms with Gasteiger partial charge in [-0.05, 0) is 61.0 Å². The lowest BCUT2D eigenvalue weighted by atomic mass is 10.2. The van der Waals surface area contributed by atoms with Crippen molar-refractivity contribution in [3.05, 3.63) is 89.2 Å². The molecule has 1 heterocycles. The lowest BCUT2D eigenvalue weighted by Gasteiger charge is -2.32. The molecular formula is C26H23ClFN3O3S. The summed E-state index contributed by atoms with van der Waals surface area (Å²) in [6.45, 7) is 2.61. The molecule has 9 heteroatoms. The molecule has 0 radical (unpaired) electrons. The highest BCUT2D eigenvalue weighted by Crippen LogP contribution is 2.31. The van der Waals surface area contributed by atoms with Crippen molar-refractivity contribution in [1.82, 2.24) is 4.90 Å². The molecule has 1 unspecified atom stereocenters. The number of benzene rings is 3. The predicted molar refractivity (Wildman–Crippen MR) is 138 cm³/mol. The van der Waals surface area contributed by atoms with Crippen LogP contribution in [0, 0.1) is 5.82 Å². The van der Waals surface area contributed by atoms with Gasteiger partial charge in [-0.2, -0.15) is 0 Å². The normalized spacial score (nSPS) is 16.9. The third-order valence-corrected chi connectivity index (χ3v) is 6.59. The van der Waals surface area contributed by atoms with Crippen LogP contribution in [0.1, 0.15) is 18.9 Å². The Labute approximate surface area is 212 Å². The minimum Gasteiger partial charge on any atom is -0.494 e. The molecule has 1 fully saturated rings. The molecule has 1 atom stereocenters. The first-order valence-electron chi connectivity index (χ1n) is 11.0. The van der Waals surface area contributed by atoms with Crippen molar-refractivity contribution in [2.45, 2.75) is 25.1 Å². The zero-order chi connectivity index (χ0) is 24.8. The third-order valence-electron chi connectivity index (χ3n) is 5.15. The first kappa shape index (κ1) is 24.8. The van der Waals surface area contributed by atoms with Crippen LogP contribution in [0.4, 0.5) is 15.8 Å². The second-order valence-electron chi connectivity index (χ2n) is 7.74. The number of amidine groups is 1. The molecule has 2 amide bonds. The molecule has 1 saturated heterocycles. The topological polar surface area (TPSA) is 71.0 Å². The second kappa shape index (κ2) is 11.4. The first-order chi connectivity index (χ1) is 16.9. The number of carbonyl (C=O) groups excluding carboxylic acids is 2. The summed E-state index contributed by atoms with van der Waals surface area (Å²) in [5.41, 5.74) is 1.93. The zero-order valence-corrected chi connectivity index (χ0v) is 20.5. The quantitative estimate of drug-likeness (QED) is 0.420. The maximum Gasteiger partial charge on any atom is 0.238 e. The van der Waals surface area contributed by atoms with E-state index >= 15 is 0 Å². The number of aliphatic imine (C=N–C) groups is 1. The molecule has 35 heavy (non-hydrogen) atoms. The van der Waals surface area contributed by atoms with Crippen LogP contribution in [-0.2, 0) is 16.1 Å². The Bertz CT molecular complexity index is 1240. The number of hydrogen-bond donors (Lipinski definition) is 1. The van der Waals surface area contributed by atoms with Gasteiger partial charge in [-0.1, -0.05) is 41.6 Å². The number of amides is 2. The summed E-state index contributed by atoms with van der Waals surface area (Å²) in [6, 6.07) is 19.9. The number of rotatable bonds is 7. The summed E-state index contributed by atoms with van der Waals surface area (Å²) in [7, 11) is 0. The fraction of sp³-hybridized carbons (Fsp3) is 0.192. The molecular weight excluding hydrogens is 489 g/mol. The molecule has 3 aromatic rings. The Hall–Kier alpha value is -3.36. The monoisotopic (exact) mass is 511 g/mol. The summed E-state index contributed by atoms with van der Waals surface area (Å²) in [6.07, 6.45) is 0.00246. The number of nitrogens with zero attached hydrogens (tertiary/aromatic N) is 2. The number of halogens is 2. The highest BCUT2D eigenvalue weighted by Gasteiger charge is 2.36. The average molecular weight is 512 g/mol. The third kappa shape index (κ3) is 6.61. The highest BCUT2D eigenvalue weighted by atomic mass is 35.5. The van der Waals surface area contributed by atoms with Crippen LogP contribution >= 0.6 is 23.4 Å². The zero-order valence-electron chi connectivity index (χ0n) is 18.9. The van der Waals surface area contributed by atoms with E-state index in [-0.39, 0.29) is 30.6 Å². The molecule has 1 N–H and O–H groups in total. The lowest BCUT2D eigenvalue weighted by molar-refractivity contribution is -0.129. The van der Waals surface area contributed by atoms with Crippen LogP contribution in [0.25, 0.3) is 0 Å². The van der Waals surface area contributed by atoms with Crippen molar-refractivity contribution in [3.8, 4) is 5.75 Å². The van der Waals surface area contributed by atoms with Crippen LogP contribution < -0.4 is 10.1 Å². The van der Waals surface area contributed by atoms with E-state index in [0.717, 1.165) is 5.56 Å². The van der Waals surface area contributed by atoms with Crippen molar-refractivity contribution in [2.24, 2.45) is 4.99 Å². The van der Waals surface area contributed by atoms with Crippen LogP contribution in [0.15, 0.2) is 77.8 Å². The van der Waals surface area contributed by atoms with Gasteiger partial charge in [-0.3, -0.25) is 14.5 Å². The van der Waals surface area contributed by atoms with Crippen molar-refractivity contribution in [2.75, 3.05) is 11.9 Å². The van der Waals surface area contributed by atoms with Gasteiger partial charge in [0.1, 0.15) is 16.8 Å². The molecule has 1 aliphatic rings. The molecule has 3 aromatic carbocycles. The van der Waals surface area contributed by atoms with Crippen molar-refractivity contribution in [1.29, 1.82) is 0 Å². The summed E-state index contributed by atoms with van der Waals surface area (Å²) in [4.78, 5) is 32.4. The van der Waals surface area contributed by atoms with E-state index in [2.05, 4.69) is 10.3 Å². The second-order valence-corrected chi connectivity index (χ2v) is 9.34. The minimum absolute atomic E-state index is 0.00246. The van der Waals surface area contributed by atoms with E-state index < -0.39 is 5.25 Å². The standard InChI is InChI=1S/C26H23ClFN3O3S/c1-2-34-22-5-3-4-21(14-22)29-25(33)23-15-24(32)31(16-17-6-10-19(28)11-7-17)26(35-23)30-20-12-8-18(27)9-13-20/h3-14,23H,2,15-16H2,1H3,(H,29,33). The number of anilines is 1. The number of carbonyl (C=O) groups is 2. The minimum atomic E-state index is -0.672. The van der Waals surface area contributed by atoms with Crippen molar-refractivity contribution < 1.29 is 18.7 Å². The Morgan fingerprint density at radius 3 is 2.63 bits per heavy atom. The number of nitrogens with one attached hydrogen (secondary N) is 1. The number of hydrogen-bond acceptors (Lipinski definition) is 5. The van der Waals surface area contributed by atoms with Gasteiger partial charge in [0.25, 0.3) is 0 Å².